The number of anilines is 2. The van der Waals surface area contributed by atoms with Crippen LogP contribution in [0.3, 0.4) is 0 Å². The Morgan fingerprint density at radius 2 is 1.73 bits per heavy atom. The molecule has 5 aliphatic rings. The Hall–Kier alpha value is -1.33. The van der Waals surface area contributed by atoms with Crippen molar-refractivity contribution in [1.82, 2.24) is 9.88 Å². The molecule has 2 saturated carbocycles. The minimum atomic E-state index is -0.521. The molecule has 0 radical (unpaired) electrons. The highest BCUT2D eigenvalue weighted by Crippen LogP contribution is 2.38. The fourth-order valence-electron chi connectivity index (χ4n) is 5.91. The number of nitrogens with one attached hydrogen (secondary N) is 1. The van der Waals surface area contributed by atoms with Gasteiger partial charge in [-0.3, -0.25) is 4.90 Å². The van der Waals surface area contributed by atoms with E-state index >= 15 is 0 Å². The van der Waals surface area contributed by atoms with Crippen molar-refractivity contribution in [1.29, 1.82) is 0 Å². The van der Waals surface area contributed by atoms with Gasteiger partial charge in [0.2, 0.25) is 0 Å². The lowest BCUT2D eigenvalue weighted by atomic mass is 9.80. The van der Waals surface area contributed by atoms with Crippen LogP contribution in [0.1, 0.15) is 44.9 Å². The number of piperidine rings is 3. The van der Waals surface area contributed by atoms with Crippen molar-refractivity contribution in [2.45, 2.75) is 57.2 Å². The second-order valence-corrected chi connectivity index (χ2v) is 9.14. The summed E-state index contributed by atoms with van der Waals surface area (Å²) in [6.07, 6.45) is 11.0. The van der Waals surface area contributed by atoms with E-state index in [0.717, 1.165) is 55.4 Å². The van der Waals surface area contributed by atoms with E-state index in [1.807, 2.05) is 6.20 Å². The van der Waals surface area contributed by atoms with E-state index in [4.69, 9.17) is 0 Å². The Kier molecular flexibility index (Phi) is 4.53. The van der Waals surface area contributed by atoms with E-state index < -0.39 is 6.23 Å². The van der Waals surface area contributed by atoms with E-state index in [-0.39, 0.29) is 0 Å². The lowest BCUT2D eigenvalue weighted by molar-refractivity contribution is 0.0181. The number of pyridine rings is 1. The zero-order valence-corrected chi connectivity index (χ0v) is 15.7. The molecule has 5 fully saturated rings. The highest BCUT2D eigenvalue weighted by molar-refractivity contribution is 5.49. The zero-order valence-electron chi connectivity index (χ0n) is 15.7. The third kappa shape index (κ3) is 3.44. The van der Waals surface area contributed by atoms with Crippen LogP contribution in [0, 0.1) is 17.8 Å². The highest BCUT2D eigenvalue weighted by Gasteiger charge is 2.35. The van der Waals surface area contributed by atoms with Gasteiger partial charge in [-0.15, -0.1) is 0 Å². The summed E-state index contributed by atoms with van der Waals surface area (Å²) in [5, 5.41) is 13.7. The van der Waals surface area contributed by atoms with Gasteiger partial charge in [0.25, 0.3) is 0 Å². The molecule has 3 atom stereocenters. The smallest absolute Gasteiger partial charge is 0.137 e. The first kappa shape index (κ1) is 16.8. The maximum Gasteiger partial charge on any atom is 0.137 e. The summed E-state index contributed by atoms with van der Waals surface area (Å²) in [6, 6.07) is 4.87. The molecule has 4 heterocycles. The molecule has 1 aromatic rings. The van der Waals surface area contributed by atoms with E-state index in [1.54, 1.807) is 0 Å². The molecule has 2 N–H and O–H groups in total. The maximum atomic E-state index is 10.5. The van der Waals surface area contributed by atoms with Crippen LogP contribution in [0.4, 0.5) is 11.5 Å². The molecule has 5 heteroatoms. The minimum absolute atomic E-state index is 0.521. The quantitative estimate of drug-likeness (QED) is 0.795. The largest absolute Gasteiger partial charge is 0.372 e. The molecule has 2 aliphatic carbocycles. The first-order chi connectivity index (χ1) is 12.7. The predicted molar refractivity (Wildman–Crippen MR) is 104 cm³/mol. The van der Waals surface area contributed by atoms with E-state index in [1.165, 1.54) is 44.9 Å². The first-order valence-electron chi connectivity index (χ1n) is 10.6. The third-order valence-electron chi connectivity index (χ3n) is 7.24. The Bertz CT molecular complexity index is 601. The predicted octanol–water partition coefficient (Wildman–Crippen LogP) is 2.92. The van der Waals surface area contributed by atoms with E-state index in [2.05, 4.69) is 32.2 Å². The van der Waals surface area contributed by atoms with Crippen LogP contribution in [0.15, 0.2) is 18.3 Å². The van der Waals surface area contributed by atoms with Gasteiger partial charge in [0, 0.05) is 32.2 Å². The molecule has 6 rings (SSSR count). The summed E-state index contributed by atoms with van der Waals surface area (Å²) in [4.78, 5) is 9.62. The lowest BCUT2D eigenvalue weighted by Crippen LogP contribution is -2.51. The van der Waals surface area contributed by atoms with Crippen molar-refractivity contribution >= 4 is 11.5 Å². The topological polar surface area (TPSA) is 51.6 Å². The Labute approximate surface area is 156 Å². The highest BCUT2D eigenvalue weighted by atomic mass is 16.3. The number of aliphatic hydroxyl groups excluding tert-OH is 1. The van der Waals surface area contributed by atoms with Crippen molar-refractivity contribution < 1.29 is 5.11 Å². The number of nitrogens with zero attached hydrogens (tertiary/aromatic N) is 3. The second kappa shape index (κ2) is 7.01. The van der Waals surface area contributed by atoms with Gasteiger partial charge < -0.3 is 15.3 Å². The standard InChI is InChI=1S/C21H32N4O/c26-21(14-24-11-15-3-6-19(24)7-4-15)23-18-5-8-20(22-10-18)25-12-16-1-2-17(9-16)13-25/h5,8,10,15-17,19,21,23,26H,1-4,6-7,9,11-14H2. The van der Waals surface area contributed by atoms with Gasteiger partial charge in [0.1, 0.15) is 12.0 Å². The zero-order chi connectivity index (χ0) is 17.5. The summed E-state index contributed by atoms with van der Waals surface area (Å²) < 4.78 is 0. The normalized spacial score (nSPS) is 34.9. The third-order valence-corrected chi connectivity index (χ3v) is 7.24. The number of rotatable bonds is 5. The minimum Gasteiger partial charge on any atom is -0.372 e. The Morgan fingerprint density at radius 1 is 1.00 bits per heavy atom. The molecule has 1 aromatic heterocycles. The molecule has 5 nitrogen and oxygen atoms in total. The van der Waals surface area contributed by atoms with Crippen LogP contribution < -0.4 is 10.2 Å². The average molecular weight is 357 g/mol. The van der Waals surface area contributed by atoms with Gasteiger partial charge in [-0.25, -0.2) is 4.98 Å². The summed E-state index contributed by atoms with van der Waals surface area (Å²) in [7, 11) is 0. The van der Waals surface area contributed by atoms with Crippen LogP contribution in [-0.4, -0.2) is 53.4 Å². The average Bonchev–Trinajstić information content (AvgIpc) is 3.01. The van der Waals surface area contributed by atoms with Crippen LogP contribution in [0.25, 0.3) is 0 Å². The molecule has 0 amide bonds. The molecular weight excluding hydrogens is 324 g/mol. The van der Waals surface area contributed by atoms with Crippen LogP contribution >= 0.6 is 0 Å². The fraction of sp³-hybridized carbons (Fsp3) is 0.762. The number of hydrogen-bond donors (Lipinski definition) is 2. The molecule has 3 unspecified atom stereocenters. The van der Waals surface area contributed by atoms with Crippen LogP contribution in [-0.2, 0) is 0 Å². The van der Waals surface area contributed by atoms with Gasteiger partial charge in [-0.1, -0.05) is 0 Å². The summed E-state index contributed by atoms with van der Waals surface area (Å²) in [5.74, 6) is 3.69. The monoisotopic (exact) mass is 356 g/mol. The molecular formula is C21H32N4O. The molecule has 0 spiro atoms. The number of aromatic nitrogens is 1. The van der Waals surface area contributed by atoms with Crippen molar-refractivity contribution in [3.63, 3.8) is 0 Å². The van der Waals surface area contributed by atoms with Gasteiger partial charge in [0.15, 0.2) is 0 Å². The van der Waals surface area contributed by atoms with Gasteiger partial charge in [-0.05, 0) is 74.8 Å². The molecule has 4 bridgehead atoms. The molecule has 0 aromatic carbocycles. The van der Waals surface area contributed by atoms with Crippen molar-refractivity contribution in [2.75, 3.05) is 36.4 Å². The van der Waals surface area contributed by atoms with Gasteiger partial charge in [0.05, 0.1) is 11.9 Å². The summed E-state index contributed by atoms with van der Waals surface area (Å²) in [5.41, 5.74) is 0.920. The summed E-state index contributed by atoms with van der Waals surface area (Å²) in [6.45, 7) is 4.21. The van der Waals surface area contributed by atoms with E-state index in [0.29, 0.717) is 6.04 Å². The molecule has 3 saturated heterocycles. The molecule has 142 valence electrons. The second-order valence-electron chi connectivity index (χ2n) is 9.14. The molecule has 3 aliphatic heterocycles. The summed E-state index contributed by atoms with van der Waals surface area (Å²) >= 11 is 0. The Balaban J connectivity index is 1.16. The maximum absolute atomic E-state index is 10.5. The van der Waals surface area contributed by atoms with Crippen molar-refractivity contribution in [3.8, 4) is 0 Å². The first-order valence-corrected chi connectivity index (χ1v) is 10.6. The van der Waals surface area contributed by atoms with Crippen molar-refractivity contribution in [3.05, 3.63) is 18.3 Å². The van der Waals surface area contributed by atoms with Crippen LogP contribution in [0.2, 0.25) is 0 Å². The van der Waals surface area contributed by atoms with Gasteiger partial charge in [-0.2, -0.15) is 0 Å². The SMILES string of the molecule is OC(CN1CC2CCC1CC2)Nc1ccc(N2CC3CCC(C3)C2)nc1. The van der Waals surface area contributed by atoms with E-state index in [9.17, 15) is 5.11 Å². The van der Waals surface area contributed by atoms with Crippen molar-refractivity contribution in [2.24, 2.45) is 17.8 Å². The number of hydrogen-bond acceptors (Lipinski definition) is 5. The molecule has 26 heavy (non-hydrogen) atoms. The van der Waals surface area contributed by atoms with Crippen LogP contribution in [0.5, 0.6) is 0 Å². The lowest BCUT2D eigenvalue weighted by Gasteiger charge is -2.46. The number of aliphatic hydroxyl groups is 1. The fourth-order valence-corrected chi connectivity index (χ4v) is 5.91. The van der Waals surface area contributed by atoms with Gasteiger partial charge >= 0.3 is 0 Å². The Morgan fingerprint density at radius 3 is 2.35 bits per heavy atom. The number of fused-ring (bicyclic) bond motifs is 5.